The smallest absolute Gasteiger partial charge is 0.419 e. The van der Waals surface area contributed by atoms with Crippen molar-refractivity contribution in [3.05, 3.63) is 45.3 Å². The summed E-state index contributed by atoms with van der Waals surface area (Å²) in [7, 11) is 0. The highest BCUT2D eigenvalue weighted by atomic mass is 32.1. The lowest BCUT2D eigenvalue weighted by Gasteiger charge is -2.33. The van der Waals surface area contributed by atoms with E-state index in [1.165, 1.54) is 28.5 Å². The fourth-order valence-electron chi connectivity index (χ4n) is 3.47. The lowest BCUT2D eigenvalue weighted by molar-refractivity contribution is -0.147. The van der Waals surface area contributed by atoms with Gasteiger partial charge in [-0.2, -0.15) is 13.2 Å². The van der Waals surface area contributed by atoms with Crippen LogP contribution in [-0.2, 0) is 15.7 Å². The number of halogens is 3. The van der Waals surface area contributed by atoms with Crippen molar-refractivity contribution in [1.29, 1.82) is 0 Å². The molecule has 1 aliphatic heterocycles. The number of aromatic nitrogens is 1. The van der Waals surface area contributed by atoms with E-state index >= 15 is 0 Å². The standard InChI is InChI=1S/C20H21F3N2O3S/c1-12-9-15(13(2)29-12)17(26)11-28-19(27)14-5-4-8-25(10-14)18-16(20(21,22)23)6-3-7-24-18/h3,6-7,9,14H,4-5,8,10-11H2,1-2H3/t14-/m1/s1. The van der Waals surface area contributed by atoms with Crippen LogP contribution in [0.2, 0.25) is 0 Å². The number of rotatable bonds is 5. The predicted molar refractivity (Wildman–Crippen MR) is 103 cm³/mol. The summed E-state index contributed by atoms with van der Waals surface area (Å²) in [5.74, 6) is -1.64. The van der Waals surface area contributed by atoms with Gasteiger partial charge in [0, 0.05) is 34.6 Å². The molecule has 3 heterocycles. The maximum atomic E-state index is 13.3. The molecule has 0 N–H and O–H groups in total. The molecule has 0 radical (unpaired) electrons. The second-order valence-electron chi connectivity index (χ2n) is 7.02. The van der Waals surface area contributed by atoms with Crippen LogP contribution in [0.4, 0.5) is 19.0 Å². The molecule has 1 saturated heterocycles. The van der Waals surface area contributed by atoms with Crippen LogP contribution in [0, 0.1) is 19.8 Å². The first-order valence-corrected chi connectivity index (χ1v) is 10.0. The van der Waals surface area contributed by atoms with Gasteiger partial charge in [-0.05, 0) is 44.9 Å². The zero-order valence-electron chi connectivity index (χ0n) is 16.1. The van der Waals surface area contributed by atoms with Crippen molar-refractivity contribution < 1.29 is 27.5 Å². The quantitative estimate of drug-likeness (QED) is 0.523. The fourth-order valence-corrected chi connectivity index (χ4v) is 4.41. The molecule has 0 amide bonds. The number of carbonyl (C=O) groups is 2. The summed E-state index contributed by atoms with van der Waals surface area (Å²) in [5.41, 5.74) is -0.290. The van der Waals surface area contributed by atoms with Crippen molar-refractivity contribution in [1.82, 2.24) is 4.98 Å². The van der Waals surface area contributed by atoms with Crippen LogP contribution in [0.1, 0.15) is 38.5 Å². The van der Waals surface area contributed by atoms with Crippen LogP contribution in [-0.4, -0.2) is 36.4 Å². The molecule has 1 atom stereocenters. The predicted octanol–water partition coefficient (Wildman–Crippen LogP) is 4.42. The number of alkyl halides is 3. The lowest BCUT2D eigenvalue weighted by atomic mass is 9.97. The van der Waals surface area contributed by atoms with E-state index in [9.17, 15) is 22.8 Å². The summed E-state index contributed by atoms with van der Waals surface area (Å²) in [4.78, 5) is 31.9. The average molecular weight is 426 g/mol. The maximum absolute atomic E-state index is 13.3. The maximum Gasteiger partial charge on any atom is 0.419 e. The van der Waals surface area contributed by atoms with E-state index in [1.807, 2.05) is 13.8 Å². The van der Waals surface area contributed by atoms with Gasteiger partial charge in [-0.25, -0.2) is 4.98 Å². The number of esters is 1. The van der Waals surface area contributed by atoms with E-state index in [0.717, 1.165) is 15.8 Å². The SMILES string of the molecule is Cc1cc(C(=O)COC(=O)[C@@H]2CCCN(c3ncccc3C(F)(F)F)C2)c(C)s1. The number of Topliss-reactive ketones (excluding diaryl/α,β-unsaturated/α-hetero) is 1. The third-order valence-electron chi connectivity index (χ3n) is 4.83. The van der Waals surface area contributed by atoms with Gasteiger partial charge in [-0.3, -0.25) is 9.59 Å². The third-order valence-corrected chi connectivity index (χ3v) is 5.80. The van der Waals surface area contributed by atoms with E-state index in [4.69, 9.17) is 4.74 Å². The molecule has 1 aliphatic rings. The van der Waals surface area contributed by atoms with Crippen LogP contribution in [0.5, 0.6) is 0 Å². The molecule has 5 nitrogen and oxygen atoms in total. The largest absolute Gasteiger partial charge is 0.457 e. The Bertz CT molecular complexity index is 911. The van der Waals surface area contributed by atoms with Crippen molar-refractivity contribution in [3.8, 4) is 0 Å². The molecule has 156 valence electrons. The first-order valence-electron chi connectivity index (χ1n) is 9.21. The minimum absolute atomic E-state index is 0.0731. The Morgan fingerprint density at radius 1 is 1.34 bits per heavy atom. The summed E-state index contributed by atoms with van der Waals surface area (Å²) in [6.07, 6.45) is -2.20. The number of ketones is 1. The number of anilines is 1. The Kier molecular flexibility index (Phi) is 6.26. The van der Waals surface area contributed by atoms with Crippen LogP contribution in [0.25, 0.3) is 0 Å². The Morgan fingerprint density at radius 3 is 2.76 bits per heavy atom. The van der Waals surface area contributed by atoms with Crippen molar-refractivity contribution in [3.63, 3.8) is 0 Å². The fraction of sp³-hybridized carbons (Fsp3) is 0.450. The summed E-state index contributed by atoms with van der Waals surface area (Å²) < 4.78 is 45.0. The van der Waals surface area contributed by atoms with Gasteiger partial charge in [0.05, 0.1) is 11.5 Å². The molecule has 0 saturated carbocycles. The molecule has 0 unspecified atom stereocenters. The van der Waals surface area contributed by atoms with Gasteiger partial charge in [-0.1, -0.05) is 0 Å². The van der Waals surface area contributed by atoms with E-state index in [-0.39, 0.29) is 24.8 Å². The van der Waals surface area contributed by atoms with Gasteiger partial charge < -0.3 is 9.64 Å². The number of hydrogen-bond acceptors (Lipinski definition) is 6. The Labute approximate surface area is 170 Å². The molecule has 9 heteroatoms. The molecule has 0 aromatic carbocycles. The van der Waals surface area contributed by atoms with Gasteiger partial charge in [-0.15, -0.1) is 11.3 Å². The Hall–Kier alpha value is -2.42. The van der Waals surface area contributed by atoms with Crippen molar-refractivity contribution in [2.45, 2.75) is 32.9 Å². The van der Waals surface area contributed by atoms with Gasteiger partial charge >= 0.3 is 12.1 Å². The number of hydrogen-bond donors (Lipinski definition) is 0. The second kappa shape index (κ2) is 8.52. The Morgan fingerprint density at radius 2 is 2.10 bits per heavy atom. The van der Waals surface area contributed by atoms with Crippen molar-refractivity contribution in [2.24, 2.45) is 5.92 Å². The average Bonchev–Trinajstić information content (AvgIpc) is 3.03. The number of ether oxygens (including phenoxy) is 1. The van der Waals surface area contributed by atoms with E-state index < -0.39 is 23.6 Å². The van der Waals surface area contributed by atoms with E-state index in [1.54, 1.807) is 6.07 Å². The molecule has 3 rings (SSSR count). The number of aryl methyl sites for hydroxylation is 2. The van der Waals surface area contributed by atoms with Crippen molar-refractivity contribution in [2.75, 3.05) is 24.6 Å². The summed E-state index contributed by atoms with van der Waals surface area (Å²) >= 11 is 1.49. The number of pyridine rings is 1. The minimum Gasteiger partial charge on any atom is -0.457 e. The number of thiophene rings is 1. The molecule has 0 spiro atoms. The first-order chi connectivity index (χ1) is 13.7. The highest BCUT2D eigenvalue weighted by Crippen LogP contribution is 2.36. The first kappa shape index (κ1) is 21.3. The zero-order chi connectivity index (χ0) is 21.2. The van der Waals surface area contributed by atoms with Gasteiger partial charge in [0.15, 0.2) is 6.61 Å². The molecule has 2 aromatic rings. The third kappa shape index (κ3) is 4.95. The summed E-state index contributed by atoms with van der Waals surface area (Å²) in [6.45, 7) is 3.80. The van der Waals surface area contributed by atoms with Crippen LogP contribution in [0.3, 0.4) is 0 Å². The number of nitrogens with zero attached hydrogens (tertiary/aromatic N) is 2. The summed E-state index contributed by atoms with van der Waals surface area (Å²) in [6, 6.07) is 3.98. The second-order valence-corrected chi connectivity index (χ2v) is 8.48. The zero-order valence-corrected chi connectivity index (χ0v) is 16.9. The monoisotopic (exact) mass is 426 g/mol. The number of carbonyl (C=O) groups excluding carboxylic acids is 2. The Balaban J connectivity index is 1.64. The molecule has 2 aromatic heterocycles. The van der Waals surface area contributed by atoms with Crippen LogP contribution >= 0.6 is 11.3 Å². The number of piperidine rings is 1. The van der Waals surface area contributed by atoms with Gasteiger partial charge in [0.1, 0.15) is 5.82 Å². The molecule has 29 heavy (non-hydrogen) atoms. The molecule has 0 aliphatic carbocycles. The lowest BCUT2D eigenvalue weighted by Crippen LogP contribution is -2.41. The highest BCUT2D eigenvalue weighted by Gasteiger charge is 2.37. The molecule has 0 bridgehead atoms. The van der Waals surface area contributed by atoms with Crippen LogP contribution in [0.15, 0.2) is 24.4 Å². The minimum atomic E-state index is -4.53. The van der Waals surface area contributed by atoms with E-state index in [0.29, 0.717) is 24.9 Å². The van der Waals surface area contributed by atoms with E-state index in [2.05, 4.69) is 4.98 Å². The molecular formula is C20H21F3N2O3S. The normalized spacial score (nSPS) is 17.3. The van der Waals surface area contributed by atoms with Gasteiger partial charge in [0.25, 0.3) is 0 Å². The topological polar surface area (TPSA) is 59.5 Å². The summed E-state index contributed by atoms with van der Waals surface area (Å²) in [5, 5.41) is 0. The highest BCUT2D eigenvalue weighted by molar-refractivity contribution is 7.12. The van der Waals surface area contributed by atoms with Gasteiger partial charge in [0.2, 0.25) is 5.78 Å². The van der Waals surface area contributed by atoms with Crippen LogP contribution < -0.4 is 4.90 Å². The molecular weight excluding hydrogens is 405 g/mol. The molecule has 1 fully saturated rings. The van der Waals surface area contributed by atoms with Crippen molar-refractivity contribution >= 4 is 28.9 Å².